The van der Waals surface area contributed by atoms with Crippen LogP contribution in [0, 0.1) is 0 Å². The first-order valence-corrected chi connectivity index (χ1v) is 32.6. The van der Waals surface area contributed by atoms with Gasteiger partial charge in [-0.2, -0.15) is 0 Å². The Morgan fingerprint density at radius 2 is 0.797 bits per heavy atom. The normalized spacial score (nSPS) is 18.1. The van der Waals surface area contributed by atoms with E-state index in [0.717, 1.165) is 96.3 Å². The second-order valence-corrected chi connectivity index (χ2v) is 22.4. The molecule has 12 heteroatoms. The summed E-state index contributed by atoms with van der Waals surface area (Å²) >= 11 is 0. The van der Waals surface area contributed by atoms with E-state index in [1.54, 1.807) is 0 Å². The van der Waals surface area contributed by atoms with E-state index in [1.807, 2.05) is 0 Å². The summed E-state index contributed by atoms with van der Waals surface area (Å²) in [5.41, 5.74) is 0. The molecule has 6 atom stereocenters. The van der Waals surface area contributed by atoms with Crippen molar-refractivity contribution < 1.29 is 58.2 Å². The number of rotatable bonds is 56. The van der Waals surface area contributed by atoms with Gasteiger partial charge in [0.2, 0.25) is 0 Å². The molecule has 458 valence electrons. The number of unbranched alkanes of at least 4 members (excludes halogenated alkanes) is 34. The van der Waals surface area contributed by atoms with Crippen molar-refractivity contribution in [2.75, 3.05) is 13.2 Å². The van der Waals surface area contributed by atoms with Gasteiger partial charge in [-0.3, -0.25) is 14.4 Å². The molecule has 12 nitrogen and oxygen atoms in total. The zero-order valence-electron chi connectivity index (χ0n) is 50.6. The summed E-state index contributed by atoms with van der Waals surface area (Å²) in [4.78, 5) is 51.3. The molecule has 0 spiro atoms. The highest BCUT2D eigenvalue weighted by Gasteiger charge is 2.50. The van der Waals surface area contributed by atoms with Crippen molar-refractivity contribution in [3.8, 4) is 0 Å². The predicted molar refractivity (Wildman–Crippen MR) is 322 cm³/mol. The Morgan fingerprint density at radius 3 is 1.22 bits per heavy atom. The minimum Gasteiger partial charge on any atom is -0.479 e. The third-order valence-corrected chi connectivity index (χ3v) is 14.9. The Labute approximate surface area is 482 Å². The zero-order chi connectivity index (χ0) is 57.5. The second kappa shape index (κ2) is 55.2. The lowest BCUT2D eigenvalue weighted by atomic mass is 9.98. The third-order valence-electron chi connectivity index (χ3n) is 14.9. The highest BCUT2D eigenvalue weighted by molar-refractivity contribution is 5.74. The van der Waals surface area contributed by atoms with E-state index in [2.05, 4.69) is 69.4 Å². The number of aliphatic hydroxyl groups is 2. The Bertz CT molecular complexity index is 1560. The van der Waals surface area contributed by atoms with Crippen molar-refractivity contribution in [2.45, 2.75) is 340 Å². The first-order valence-electron chi connectivity index (χ1n) is 32.6. The maximum atomic E-state index is 13.2. The van der Waals surface area contributed by atoms with Crippen molar-refractivity contribution in [1.29, 1.82) is 0 Å². The number of carboxylic acid groups (broad SMARTS) is 1. The quantitative estimate of drug-likeness (QED) is 0.0228. The van der Waals surface area contributed by atoms with Gasteiger partial charge < -0.3 is 39.0 Å². The number of carbonyl (C=O) groups excluding carboxylic acids is 3. The van der Waals surface area contributed by atoms with Crippen molar-refractivity contribution in [3.05, 3.63) is 48.6 Å². The fraction of sp³-hybridized carbons (Fsp3) is 0.821. The van der Waals surface area contributed by atoms with E-state index in [4.69, 9.17) is 23.7 Å². The lowest BCUT2D eigenvalue weighted by Gasteiger charge is -2.40. The number of hydrogen-bond acceptors (Lipinski definition) is 11. The van der Waals surface area contributed by atoms with Gasteiger partial charge in [0.05, 0.1) is 6.61 Å². The standard InChI is InChI=1S/C67H118O12/c1-4-7-10-13-16-19-22-25-27-29-30-32-33-36-38-41-44-47-50-53-59(68)75-56-58(77-60(69)54-51-48-45-42-40-37-34-31-28-26-23-20-17-14-11-8-5-2)57-76-67-65(63(72)62(71)64(79-67)66(73)74)78-61(70)55-52-49-46-43-39-35-24-21-18-15-12-9-6-3/h8,11,17,20,26,28,34,37,58,62-65,67,71-72H,4-7,9-10,12-16,18-19,21-25,27,29-33,35-36,38-57H2,1-3H3,(H,73,74)/b11-8-,20-17-,28-26-,37-34-. The van der Waals surface area contributed by atoms with Crippen LogP contribution in [0.4, 0.5) is 0 Å². The molecular weight excluding hydrogens is 997 g/mol. The van der Waals surface area contributed by atoms with Gasteiger partial charge in [-0.05, 0) is 57.8 Å². The Balaban J connectivity index is 2.65. The first-order chi connectivity index (χ1) is 38.6. The SMILES string of the molecule is CC/C=C\C/C=C\C/C=C\C/C=C\CCCCCCC(=O)OC(COC(=O)CCCCCCCCCCCCCCCCCCCCC)COC1OC(C(=O)O)C(O)C(O)C1OC(=O)CCCCCCCCCCCCCCC. The minimum atomic E-state index is -1.90. The average molecular weight is 1120 g/mol. The van der Waals surface area contributed by atoms with E-state index in [-0.39, 0.29) is 25.9 Å². The molecule has 0 aliphatic carbocycles. The number of hydrogen-bond donors (Lipinski definition) is 3. The molecule has 0 aromatic heterocycles. The smallest absolute Gasteiger partial charge is 0.335 e. The van der Waals surface area contributed by atoms with Crippen molar-refractivity contribution >= 4 is 23.9 Å². The molecule has 79 heavy (non-hydrogen) atoms. The summed E-state index contributed by atoms with van der Waals surface area (Å²) in [6, 6.07) is 0. The van der Waals surface area contributed by atoms with Gasteiger partial charge in [0.25, 0.3) is 0 Å². The topological polar surface area (TPSA) is 175 Å². The second-order valence-electron chi connectivity index (χ2n) is 22.4. The van der Waals surface area contributed by atoms with Crippen LogP contribution in [0.5, 0.6) is 0 Å². The predicted octanol–water partition coefficient (Wildman–Crippen LogP) is 17.3. The highest BCUT2D eigenvalue weighted by atomic mass is 16.7. The van der Waals surface area contributed by atoms with Crippen LogP contribution < -0.4 is 0 Å². The van der Waals surface area contributed by atoms with Gasteiger partial charge in [-0.15, -0.1) is 0 Å². The molecule has 3 N–H and O–H groups in total. The summed E-state index contributed by atoms with van der Waals surface area (Å²) in [7, 11) is 0. The molecule has 6 unspecified atom stereocenters. The molecule has 1 aliphatic heterocycles. The molecule has 0 bridgehead atoms. The summed E-state index contributed by atoms with van der Waals surface area (Å²) in [6.07, 6.45) is 55.0. The van der Waals surface area contributed by atoms with Crippen LogP contribution in [0.15, 0.2) is 48.6 Å². The maximum absolute atomic E-state index is 13.2. The number of esters is 3. The number of carbonyl (C=O) groups is 4. The average Bonchev–Trinajstić information content (AvgIpc) is 3.46. The molecule has 0 aromatic rings. The molecular formula is C67H118O12. The maximum Gasteiger partial charge on any atom is 0.335 e. The number of aliphatic hydroxyl groups excluding tert-OH is 2. The number of ether oxygens (including phenoxy) is 5. The monoisotopic (exact) mass is 1110 g/mol. The molecule has 1 aliphatic rings. The van der Waals surface area contributed by atoms with E-state index >= 15 is 0 Å². The van der Waals surface area contributed by atoms with Crippen LogP contribution >= 0.6 is 0 Å². The van der Waals surface area contributed by atoms with Crippen LogP contribution in [0.25, 0.3) is 0 Å². The molecule has 1 heterocycles. The van der Waals surface area contributed by atoms with Crippen LogP contribution in [-0.2, 0) is 42.9 Å². The van der Waals surface area contributed by atoms with Crippen molar-refractivity contribution in [3.63, 3.8) is 0 Å². The molecule has 0 amide bonds. The van der Waals surface area contributed by atoms with Crippen LogP contribution in [0.3, 0.4) is 0 Å². The summed E-state index contributed by atoms with van der Waals surface area (Å²) in [6.45, 7) is 5.90. The number of carboxylic acids is 1. The van der Waals surface area contributed by atoms with Crippen LogP contribution in [0.2, 0.25) is 0 Å². The van der Waals surface area contributed by atoms with Crippen LogP contribution in [0.1, 0.15) is 303 Å². The number of aliphatic carboxylic acids is 1. The zero-order valence-corrected chi connectivity index (χ0v) is 50.6. The fourth-order valence-electron chi connectivity index (χ4n) is 9.95. The van der Waals surface area contributed by atoms with Gasteiger partial charge in [-0.25, -0.2) is 4.79 Å². The van der Waals surface area contributed by atoms with E-state index in [1.165, 1.54) is 148 Å². The van der Waals surface area contributed by atoms with Crippen molar-refractivity contribution in [2.24, 2.45) is 0 Å². The fourth-order valence-corrected chi connectivity index (χ4v) is 9.95. The Morgan fingerprint density at radius 1 is 0.430 bits per heavy atom. The first kappa shape index (κ1) is 73.7. The molecule has 1 rings (SSSR count). The lowest BCUT2D eigenvalue weighted by Crippen LogP contribution is -2.61. The lowest BCUT2D eigenvalue weighted by molar-refractivity contribution is -0.301. The largest absolute Gasteiger partial charge is 0.479 e. The highest BCUT2D eigenvalue weighted by Crippen LogP contribution is 2.27. The molecule has 1 saturated heterocycles. The summed E-state index contributed by atoms with van der Waals surface area (Å²) in [5, 5.41) is 31.5. The van der Waals surface area contributed by atoms with E-state index < -0.39 is 67.3 Å². The molecule has 0 saturated carbocycles. The third kappa shape index (κ3) is 45.0. The Hall–Kier alpha value is -3.32. The summed E-state index contributed by atoms with van der Waals surface area (Å²) < 4.78 is 28.5. The van der Waals surface area contributed by atoms with Gasteiger partial charge in [-0.1, -0.05) is 275 Å². The molecule has 0 aromatic carbocycles. The minimum absolute atomic E-state index is 0.0618. The van der Waals surface area contributed by atoms with Crippen LogP contribution in [-0.4, -0.2) is 89.2 Å². The van der Waals surface area contributed by atoms with E-state index in [0.29, 0.717) is 19.3 Å². The Kier molecular flexibility index (Phi) is 51.5. The number of allylic oxidation sites excluding steroid dienone is 8. The van der Waals surface area contributed by atoms with Gasteiger partial charge in [0.1, 0.15) is 18.8 Å². The summed E-state index contributed by atoms with van der Waals surface area (Å²) in [5.74, 6) is -3.12. The molecule has 0 radical (unpaired) electrons. The molecule has 1 fully saturated rings. The van der Waals surface area contributed by atoms with Crippen molar-refractivity contribution in [1.82, 2.24) is 0 Å². The van der Waals surface area contributed by atoms with Gasteiger partial charge >= 0.3 is 23.9 Å². The van der Waals surface area contributed by atoms with Gasteiger partial charge in [0.15, 0.2) is 24.6 Å². The van der Waals surface area contributed by atoms with Gasteiger partial charge in [0, 0.05) is 19.3 Å². The van der Waals surface area contributed by atoms with E-state index in [9.17, 15) is 34.5 Å².